The van der Waals surface area contributed by atoms with Crippen molar-refractivity contribution in [1.29, 1.82) is 0 Å². The third-order valence-electron chi connectivity index (χ3n) is 3.41. The van der Waals surface area contributed by atoms with E-state index in [-0.39, 0.29) is 23.2 Å². The first-order valence-electron chi connectivity index (χ1n) is 6.57. The number of nitrogens with two attached hydrogens (primary N) is 1. The Labute approximate surface area is 123 Å². The van der Waals surface area contributed by atoms with Gasteiger partial charge >= 0.3 is 0 Å². The van der Waals surface area contributed by atoms with E-state index >= 15 is 0 Å². The monoisotopic (exact) mass is 316 g/mol. The van der Waals surface area contributed by atoms with Crippen molar-refractivity contribution in [1.82, 2.24) is 14.2 Å². The summed E-state index contributed by atoms with van der Waals surface area (Å²) in [7, 11) is -0.610. The van der Waals surface area contributed by atoms with Crippen molar-refractivity contribution in [2.75, 3.05) is 33.3 Å². The summed E-state index contributed by atoms with van der Waals surface area (Å²) in [5.74, 6) is -0.665. The maximum atomic E-state index is 12.5. The second kappa shape index (κ2) is 6.14. The van der Waals surface area contributed by atoms with Gasteiger partial charge in [-0.15, -0.1) is 0 Å². The van der Waals surface area contributed by atoms with Crippen molar-refractivity contribution in [3.63, 3.8) is 0 Å². The lowest BCUT2D eigenvalue weighted by atomic mass is 10.3. The van der Waals surface area contributed by atoms with Crippen LogP contribution in [-0.4, -0.2) is 62.6 Å². The number of rotatable bonds is 5. The largest absolute Gasteiger partial charge is 0.374 e. The van der Waals surface area contributed by atoms with Crippen LogP contribution in [0.15, 0.2) is 17.2 Å². The summed E-state index contributed by atoms with van der Waals surface area (Å²) in [6.07, 6.45) is 1.20. The van der Waals surface area contributed by atoms with Crippen molar-refractivity contribution < 1.29 is 17.9 Å². The SMILES string of the molecule is CN(CC1CNCCO1)S(=O)(=O)c1cc(C(N)=O)n(C)c1. The molecule has 0 saturated carbocycles. The highest BCUT2D eigenvalue weighted by atomic mass is 32.2. The fraction of sp³-hybridized carbons (Fsp3) is 0.583. The van der Waals surface area contributed by atoms with Crippen LogP contribution in [-0.2, 0) is 21.8 Å². The van der Waals surface area contributed by atoms with Crippen LogP contribution in [0, 0.1) is 0 Å². The number of nitrogens with one attached hydrogen (secondary N) is 1. The molecule has 9 heteroatoms. The first-order valence-corrected chi connectivity index (χ1v) is 8.01. The summed E-state index contributed by atoms with van der Waals surface area (Å²) in [4.78, 5) is 11.3. The van der Waals surface area contributed by atoms with Crippen LogP contribution in [0.25, 0.3) is 0 Å². The molecule has 3 N–H and O–H groups in total. The van der Waals surface area contributed by atoms with Gasteiger partial charge in [0.1, 0.15) is 10.6 Å². The first-order chi connectivity index (χ1) is 9.82. The third-order valence-corrected chi connectivity index (χ3v) is 5.19. The molecule has 2 heterocycles. The summed E-state index contributed by atoms with van der Waals surface area (Å²) < 4.78 is 33.1. The van der Waals surface area contributed by atoms with Crippen molar-refractivity contribution in [2.45, 2.75) is 11.0 Å². The first kappa shape index (κ1) is 16.0. The number of ether oxygens (including phenoxy) is 1. The normalized spacial score (nSPS) is 19.9. The molecule has 1 atom stereocenters. The van der Waals surface area contributed by atoms with Crippen LogP contribution in [0.2, 0.25) is 0 Å². The molecule has 1 aromatic rings. The zero-order valence-corrected chi connectivity index (χ0v) is 12.9. The Kier molecular flexibility index (Phi) is 4.67. The summed E-state index contributed by atoms with van der Waals surface area (Å²) in [5, 5.41) is 3.15. The van der Waals surface area contributed by atoms with Crippen LogP contribution in [0.4, 0.5) is 0 Å². The lowest BCUT2D eigenvalue weighted by Gasteiger charge is -2.27. The maximum Gasteiger partial charge on any atom is 0.265 e. The summed E-state index contributed by atoms with van der Waals surface area (Å²) in [5.41, 5.74) is 5.35. The fourth-order valence-corrected chi connectivity index (χ4v) is 3.50. The smallest absolute Gasteiger partial charge is 0.265 e. The average Bonchev–Trinajstić information content (AvgIpc) is 2.82. The van der Waals surface area contributed by atoms with Gasteiger partial charge in [0.15, 0.2) is 0 Å². The number of nitrogens with zero attached hydrogens (tertiary/aromatic N) is 2. The molecule has 1 amide bonds. The number of aryl methyl sites for hydroxylation is 1. The van der Waals surface area contributed by atoms with Gasteiger partial charge in [-0.3, -0.25) is 4.79 Å². The number of amides is 1. The molecule has 1 aliphatic rings. The lowest BCUT2D eigenvalue weighted by molar-refractivity contribution is 0.0206. The lowest BCUT2D eigenvalue weighted by Crippen LogP contribution is -2.45. The van der Waals surface area contributed by atoms with Gasteiger partial charge in [0, 0.05) is 39.9 Å². The second-order valence-corrected chi connectivity index (χ2v) is 7.06. The van der Waals surface area contributed by atoms with E-state index in [4.69, 9.17) is 10.5 Å². The van der Waals surface area contributed by atoms with Crippen LogP contribution in [0.1, 0.15) is 10.5 Å². The number of likely N-dealkylation sites (N-methyl/N-ethyl adjacent to an activating group) is 1. The molecule has 118 valence electrons. The molecule has 0 radical (unpaired) electrons. The van der Waals surface area contributed by atoms with Crippen molar-refractivity contribution in [3.8, 4) is 0 Å². The number of hydrogen-bond donors (Lipinski definition) is 2. The molecule has 1 aromatic heterocycles. The van der Waals surface area contributed by atoms with Crippen molar-refractivity contribution in [3.05, 3.63) is 18.0 Å². The van der Waals surface area contributed by atoms with Crippen molar-refractivity contribution >= 4 is 15.9 Å². The zero-order chi connectivity index (χ0) is 15.6. The number of hydrogen-bond acceptors (Lipinski definition) is 5. The fourth-order valence-electron chi connectivity index (χ4n) is 2.22. The van der Waals surface area contributed by atoms with Gasteiger partial charge in [-0.1, -0.05) is 0 Å². The van der Waals surface area contributed by atoms with Gasteiger partial charge in [0.05, 0.1) is 12.7 Å². The van der Waals surface area contributed by atoms with Gasteiger partial charge in [0.2, 0.25) is 10.0 Å². The average molecular weight is 316 g/mol. The van der Waals surface area contributed by atoms with Crippen LogP contribution in [0.5, 0.6) is 0 Å². The quantitative estimate of drug-likeness (QED) is 0.705. The maximum absolute atomic E-state index is 12.5. The molecular weight excluding hydrogens is 296 g/mol. The van der Waals surface area contributed by atoms with E-state index in [0.717, 1.165) is 6.54 Å². The number of aromatic nitrogens is 1. The number of carbonyl (C=O) groups excluding carboxylic acids is 1. The molecule has 1 unspecified atom stereocenters. The van der Waals surface area contributed by atoms with Gasteiger partial charge in [-0.2, -0.15) is 4.31 Å². The summed E-state index contributed by atoms with van der Waals surface area (Å²) in [6, 6.07) is 1.29. The Morgan fingerprint density at radius 2 is 2.33 bits per heavy atom. The highest BCUT2D eigenvalue weighted by Gasteiger charge is 2.27. The van der Waals surface area contributed by atoms with Gasteiger partial charge in [-0.25, -0.2) is 8.42 Å². The molecule has 0 aliphatic carbocycles. The Hall–Kier alpha value is -1.42. The summed E-state index contributed by atoms with van der Waals surface area (Å²) in [6.45, 7) is 2.20. The molecule has 1 saturated heterocycles. The van der Waals surface area contributed by atoms with Crippen molar-refractivity contribution in [2.24, 2.45) is 12.8 Å². The van der Waals surface area contributed by atoms with E-state index in [9.17, 15) is 13.2 Å². The molecule has 0 spiro atoms. The molecule has 1 aliphatic heterocycles. The minimum atomic E-state index is -3.68. The highest BCUT2D eigenvalue weighted by Crippen LogP contribution is 2.18. The molecule has 21 heavy (non-hydrogen) atoms. The second-order valence-electron chi connectivity index (χ2n) is 5.02. The Morgan fingerprint density at radius 1 is 1.62 bits per heavy atom. The van der Waals surface area contributed by atoms with E-state index in [1.54, 1.807) is 7.05 Å². The van der Waals surface area contributed by atoms with E-state index < -0.39 is 15.9 Å². The number of sulfonamides is 1. The minimum absolute atomic E-state index is 0.0464. The molecule has 1 fully saturated rings. The van der Waals surface area contributed by atoms with E-state index in [0.29, 0.717) is 13.2 Å². The summed E-state index contributed by atoms with van der Waals surface area (Å²) >= 11 is 0. The standard InChI is InChI=1S/C12H20N4O4S/c1-15-8-10(5-11(15)12(13)17)21(18,19)16(2)7-9-6-14-3-4-20-9/h5,8-9,14H,3-4,6-7H2,1-2H3,(H2,13,17). The highest BCUT2D eigenvalue weighted by molar-refractivity contribution is 7.89. The van der Waals surface area contributed by atoms with Gasteiger partial charge in [0.25, 0.3) is 5.91 Å². The minimum Gasteiger partial charge on any atom is -0.374 e. The molecule has 8 nitrogen and oxygen atoms in total. The topological polar surface area (TPSA) is 107 Å². The predicted molar refractivity (Wildman–Crippen MR) is 76.4 cm³/mol. The van der Waals surface area contributed by atoms with E-state index in [2.05, 4.69) is 5.32 Å². The van der Waals surface area contributed by atoms with E-state index in [1.165, 1.54) is 28.2 Å². The van der Waals surface area contributed by atoms with E-state index in [1.807, 2.05) is 0 Å². The molecule has 2 rings (SSSR count). The Bertz CT molecular complexity index is 619. The van der Waals surface area contributed by atoms with Crippen LogP contribution < -0.4 is 11.1 Å². The Balaban J connectivity index is 2.16. The number of primary amides is 1. The number of carbonyl (C=O) groups is 1. The molecular formula is C12H20N4O4S. The van der Waals surface area contributed by atoms with Crippen LogP contribution in [0.3, 0.4) is 0 Å². The van der Waals surface area contributed by atoms with Gasteiger partial charge < -0.3 is 20.4 Å². The number of morpholine rings is 1. The Morgan fingerprint density at radius 3 is 2.86 bits per heavy atom. The zero-order valence-electron chi connectivity index (χ0n) is 12.1. The molecule has 0 aromatic carbocycles. The van der Waals surface area contributed by atoms with Crippen LogP contribution >= 0.6 is 0 Å². The predicted octanol–water partition coefficient (Wildman–Crippen LogP) is -1.27. The molecule has 0 bridgehead atoms. The van der Waals surface area contributed by atoms with Gasteiger partial charge in [-0.05, 0) is 6.07 Å². The third kappa shape index (κ3) is 3.43.